The van der Waals surface area contributed by atoms with Crippen LogP contribution in [0.25, 0.3) is 0 Å². The first-order valence-corrected chi connectivity index (χ1v) is 4.82. The Kier molecular flexibility index (Phi) is 22.1. The van der Waals surface area contributed by atoms with Crippen LogP contribution in [0, 0.1) is 0 Å². The molecule has 0 saturated heterocycles. The fraction of sp³-hybridized carbons (Fsp3) is 1.00. The van der Waals surface area contributed by atoms with Gasteiger partial charge in [0.1, 0.15) is 0 Å². The Morgan fingerprint density at radius 2 is 1.75 bits per heavy atom. The lowest BCUT2D eigenvalue weighted by Crippen LogP contribution is -1.59. The fourth-order valence-corrected chi connectivity index (χ4v) is 0.750. The Balaban J connectivity index is 0. The minimum absolute atomic E-state index is 1.17. The molecule has 0 amide bonds. The molecule has 8 heavy (non-hydrogen) atoms. The zero-order valence-corrected chi connectivity index (χ0v) is 7.27. The molecule has 1 N–H and O–H groups in total. The lowest BCUT2D eigenvalue weighted by atomic mass is 11.0. The van der Waals surface area contributed by atoms with Crippen LogP contribution in [0.15, 0.2) is 0 Å². The van der Waals surface area contributed by atoms with Crippen LogP contribution < -0.4 is 0 Å². The van der Waals surface area contributed by atoms with Gasteiger partial charge in [-0.2, -0.15) is 4.89 Å². The molecular formula is C4H13O2P2+. The van der Waals surface area contributed by atoms with E-state index < -0.39 is 8.69 Å². The smallest absolute Gasteiger partial charge is 0.162 e. The number of hydrogen-bond acceptors (Lipinski definition) is 1. The second-order valence-electron chi connectivity index (χ2n) is 1.05. The summed E-state index contributed by atoms with van der Waals surface area (Å²) in [6, 6.07) is 0. The highest BCUT2D eigenvalue weighted by Gasteiger charge is 1.66. The summed E-state index contributed by atoms with van der Waals surface area (Å²) in [5.74, 6) is 0. The molecule has 0 spiro atoms. The lowest BCUT2D eigenvalue weighted by Gasteiger charge is -1.80. The van der Waals surface area contributed by atoms with E-state index >= 15 is 0 Å². The number of hydrogen-bond donors (Lipinski definition) is 1. The second-order valence-corrected chi connectivity index (χ2v) is 3.15. The SMILES string of the molecule is CCPCC.O=[PH+]O. The van der Waals surface area contributed by atoms with Crippen LogP contribution >= 0.6 is 17.3 Å². The van der Waals surface area contributed by atoms with Gasteiger partial charge in [-0.15, -0.1) is 8.58 Å². The summed E-state index contributed by atoms with van der Waals surface area (Å²) in [6.45, 7) is 4.45. The van der Waals surface area contributed by atoms with Crippen LogP contribution in [0.1, 0.15) is 13.8 Å². The summed E-state index contributed by atoms with van der Waals surface area (Å²) in [5, 5.41) is 0. The minimum Gasteiger partial charge on any atom is -0.162 e. The van der Waals surface area contributed by atoms with Gasteiger partial charge >= 0.3 is 8.69 Å². The first kappa shape index (κ1) is 11.3. The molecule has 0 bridgehead atoms. The first-order valence-electron chi connectivity index (χ1n) is 2.55. The summed E-state index contributed by atoms with van der Waals surface area (Å²) in [6.07, 6.45) is 2.74. The van der Waals surface area contributed by atoms with E-state index in [1.54, 1.807) is 0 Å². The molecule has 0 aliphatic heterocycles. The Bertz CT molecular complexity index is 39.0. The molecule has 0 radical (unpaired) electrons. The van der Waals surface area contributed by atoms with Crippen molar-refractivity contribution in [2.45, 2.75) is 13.8 Å². The highest BCUT2D eigenvalue weighted by molar-refractivity contribution is 7.37. The van der Waals surface area contributed by atoms with E-state index in [1.165, 1.54) is 20.9 Å². The molecule has 0 aromatic rings. The normalized spacial score (nSPS) is 7.88. The summed E-state index contributed by atoms with van der Waals surface area (Å²) in [7, 11) is 0.0309. The van der Waals surface area contributed by atoms with E-state index in [9.17, 15) is 0 Å². The van der Waals surface area contributed by atoms with Gasteiger partial charge in [0.05, 0.1) is 0 Å². The highest BCUT2D eigenvalue weighted by atomic mass is 31.1. The van der Waals surface area contributed by atoms with Gasteiger partial charge in [-0.3, -0.25) is 0 Å². The molecule has 0 saturated carbocycles. The van der Waals surface area contributed by atoms with Crippen LogP contribution in [-0.4, -0.2) is 17.2 Å². The molecule has 4 heteroatoms. The summed E-state index contributed by atoms with van der Waals surface area (Å²) >= 11 is 0. The molecule has 1 unspecified atom stereocenters. The zero-order valence-electron chi connectivity index (χ0n) is 5.27. The molecule has 50 valence electrons. The largest absolute Gasteiger partial charge is 0.491 e. The predicted octanol–water partition coefficient (Wildman–Crippen LogP) is 1.62. The average Bonchev–Trinajstić information content (AvgIpc) is 1.71. The maximum absolute atomic E-state index is 8.51. The van der Waals surface area contributed by atoms with Crippen LogP contribution in [-0.2, 0) is 4.57 Å². The van der Waals surface area contributed by atoms with Gasteiger partial charge < -0.3 is 0 Å². The van der Waals surface area contributed by atoms with Crippen LogP contribution in [0.4, 0.5) is 0 Å². The van der Waals surface area contributed by atoms with E-state index in [0.29, 0.717) is 0 Å². The van der Waals surface area contributed by atoms with Crippen molar-refractivity contribution >= 4 is 17.3 Å². The summed E-state index contributed by atoms with van der Waals surface area (Å²) in [4.78, 5) is 7.04. The molecule has 1 atom stereocenters. The minimum atomic E-state index is -1.17. The van der Waals surface area contributed by atoms with Crippen molar-refractivity contribution < 1.29 is 9.46 Å². The van der Waals surface area contributed by atoms with E-state index in [2.05, 4.69) is 13.8 Å². The first-order chi connectivity index (χ1) is 3.83. The van der Waals surface area contributed by atoms with Crippen molar-refractivity contribution in [3.63, 3.8) is 0 Å². The topological polar surface area (TPSA) is 37.3 Å². The Morgan fingerprint density at radius 3 is 1.75 bits per heavy atom. The molecular weight excluding hydrogens is 142 g/mol. The van der Waals surface area contributed by atoms with Crippen molar-refractivity contribution in [3.05, 3.63) is 0 Å². The van der Waals surface area contributed by atoms with Gasteiger partial charge in [-0.05, 0) is 16.9 Å². The van der Waals surface area contributed by atoms with Gasteiger partial charge in [-0.1, -0.05) is 13.8 Å². The van der Waals surface area contributed by atoms with Crippen LogP contribution in [0.2, 0.25) is 0 Å². The third-order valence-electron chi connectivity index (χ3n) is 0.500. The van der Waals surface area contributed by atoms with Gasteiger partial charge in [0.2, 0.25) is 0 Å². The number of rotatable bonds is 2. The Morgan fingerprint density at radius 1 is 1.50 bits per heavy atom. The van der Waals surface area contributed by atoms with Gasteiger partial charge in [0, 0.05) is 0 Å². The van der Waals surface area contributed by atoms with E-state index in [4.69, 9.17) is 9.46 Å². The third kappa shape index (κ3) is 31.5. The maximum atomic E-state index is 8.51. The van der Waals surface area contributed by atoms with Gasteiger partial charge in [0.15, 0.2) is 0 Å². The molecule has 0 heterocycles. The fourth-order valence-electron chi connectivity index (χ4n) is 0.250. The second kappa shape index (κ2) is 15.6. The molecule has 0 aliphatic rings. The maximum Gasteiger partial charge on any atom is 0.491 e. The summed E-state index contributed by atoms with van der Waals surface area (Å²) < 4.78 is 8.51. The molecule has 2 nitrogen and oxygen atoms in total. The average molecular weight is 155 g/mol. The Hall–Kier alpha value is 0.490. The van der Waals surface area contributed by atoms with Crippen LogP contribution in [0.5, 0.6) is 0 Å². The lowest BCUT2D eigenvalue weighted by molar-refractivity contribution is 0.524. The van der Waals surface area contributed by atoms with Crippen molar-refractivity contribution in [2.24, 2.45) is 0 Å². The third-order valence-corrected chi connectivity index (χ3v) is 1.50. The van der Waals surface area contributed by atoms with Gasteiger partial charge in [-0.25, -0.2) is 0 Å². The Labute approximate surface area is 53.8 Å². The monoisotopic (exact) mass is 155 g/mol. The highest BCUT2D eigenvalue weighted by Crippen LogP contribution is 2.03. The molecule has 0 aromatic heterocycles. The van der Waals surface area contributed by atoms with E-state index in [1.807, 2.05) is 0 Å². The van der Waals surface area contributed by atoms with E-state index in [-0.39, 0.29) is 0 Å². The van der Waals surface area contributed by atoms with Crippen molar-refractivity contribution in [1.29, 1.82) is 0 Å². The van der Waals surface area contributed by atoms with Crippen molar-refractivity contribution in [2.75, 3.05) is 12.3 Å². The predicted molar refractivity (Wildman–Crippen MR) is 40.6 cm³/mol. The summed E-state index contributed by atoms with van der Waals surface area (Å²) in [5.41, 5.74) is 0. The van der Waals surface area contributed by atoms with Gasteiger partial charge in [0.25, 0.3) is 0 Å². The van der Waals surface area contributed by atoms with Crippen molar-refractivity contribution in [3.8, 4) is 0 Å². The van der Waals surface area contributed by atoms with Crippen molar-refractivity contribution in [1.82, 2.24) is 0 Å². The molecule has 0 fully saturated rings. The quantitative estimate of drug-likeness (QED) is 0.615. The molecule has 0 aliphatic carbocycles. The zero-order chi connectivity index (χ0) is 6.83. The van der Waals surface area contributed by atoms with Crippen LogP contribution in [0.3, 0.4) is 0 Å². The molecule has 0 aromatic carbocycles. The standard InChI is InChI=1S/C4H11P.HO2P/c1-3-5-4-2;1-3-2/h5H,3-4H2,1-2H3;3H/p+1. The molecule has 0 rings (SSSR count). The van der Waals surface area contributed by atoms with E-state index in [0.717, 1.165) is 0 Å².